The molecule has 134 valence electrons. The molecular weight excluding hydrogens is 298 g/mol. The van der Waals surface area contributed by atoms with Gasteiger partial charge < -0.3 is 11.1 Å². The minimum absolute atomic E-state index is 0.0580. The fourth-order valence-electron chi connectivity index (χ4n) is 3.25. The van der Waals surface area contributed by atoms with Crippen molar-refractivity contribution in [1.29, 1.82) is 0 Å². The number of carbonyl (C=O) groups excluding carboxylic acids is 1. The molecule has 0 spiro atoms. The molecule has 1 amide bonds. The molecule has 3 N–H and O–H groups in total. The third-order valence-corrected chi connectivity index (χ3v) is 4.66. The van der Waals surface area contributed by atoms with Gasteiger partial charge in [-0.25, -0.2) is 0 Å². The van der Waals surface area contributed by atoms with E-state index in [0.29, 0.717) is 12.5 Å². The molecular formula is C20H33N3O. The highest BCUT2D eigenvalue weighted by Crippen LogP contribution is 2.14. The molecule has 0 bridgehead atoms. The van der Waals surface area contributed by atoms with Crippen molar-refractivity contribution < 1.29 is 4.79 Å². The van der Waals surface area contributed by atoms with Crippen molar-refractivity contribution in [3.8, 4) is 0 Å². The molecule has 1 aromatic carbocycles. The minimum atomic E-state index is -0.410. The Labute approximate surface area is 146 Å². The normalized spacial score (nSPS) is 17.5. The number of hydrogen-bond acceptors (Lipinski definition) is 3. The average Bonchev–Trinajstić information content (AvgIpc) is 2.82. The van der Waals surface area contributed by atoms with Crippen LogP contribution in [-0.2, 0) is 17.9 Å². The molecule has 0 saturated carbocycles. The van der Waals surface area contributed by atoms with Crippen molar-refractivity contribution in [2.45, 2.75) is 65.1 Å². The smallest absolute Gasteiger partial charge is 0.237 e. The second-order valence-electron chi connectivity index (χ2n) is 7.46. The third-order valence-electron chi connectivity index (χ3n) is 4.66. The quantitative estimate of drug-likeness (QED) is 0.807. The second kappa shape index (κ2) is 9.80. The van der Waals surface area contributed by atoms with E-state index in [2.05, 4.69) is 48.3 Å². The first kappa shape index (κ1) is 18.9. The average molecular weight is 332 g/mol. The van der Waals surface area contributed by atoms with Crippen LogP contribution in [0.25, 0.3) is 0 Å². The molecule has 1 aliphatic rings. The number of amides is 1. The SMILES string of the molecule is CC(C)C[C@H](N)C(=O)NCc1ccc(CN2CCCCCC2)cc1. The van der Waals surface area contributed by atoms with Crippen LogP contribution in [0.15, 0.2) is 24.3 Å². The summed E-state index contributed by atoms with van der Waals surface area (Å²) in [5, 5.41) is 2.94. The van der Waals surface area contributed by atoms with Crippen LogP contribution < -0.4 is 11.1 Å². The molecule has 2 rings (SSSR count). The maximum atomic E-state index is 12.0. The van der Waals surface area contributed by atoms with E-state index < -0.39 is 6.04 Å². The van der Waals surface area contributed by atoms with E-state index in [0.717, 1.165) is 18.5 Å². The van der Waals surface area contributed by atoms with Gasteiger partial charge >= 0.3 is 0 Å². The maximum absolute atomic E-state index is 12.0. The molecule has 1 atom stereocenters. The number of carbonyl (C=O) groups is 1. The van der Waals surface area contributed by atoms with Gasteiger partial charge in [-0.05, 0) is 49.4 Å². The topological polar surface area (TPSA) is 58.4 Å². The number of hydrogen-bond donors (Lipinski definition) is 2. The zero-order valence-corrected chi connectivity index (χ0v) is 15.3. The summed E-state index contributed by atoms with van der Waals surface area (Å²) >= 11 is 0. The van der Waals surface area contributed by atoms with Gasteiger partial charge in [0.1, 0.15) is 0 Å². The van der Waals surface area contributed by atoms with Crippen molar-refractivity contribution in [3.63, 3.8) is 0 Å². The lowest BCUT2D eigenvalue weighted by Gasteiger charge is -2.20. The van der Waals surface area contributed by atoms with Gasteiger partial charge in [-0.15, -0.1) is 0 Å². The molecule has 1 aromatic rings. The Morgan fingerprint density at radius 3 is 2.25 bits per heavy atom. The van der Waals surface area contributed by atoms with Crippen molar-refractivity contribution in [1.82, 2.24) is 10.2 Å². The first-order valence-electron chi connectivity index (χ1n) is 9.38. The molecule has 0 aliphatic carbocycles. The van der Waals surface area contributed by atoms with Crippen LogP contribution in [0, 0.1) is 5.92 Å². The molecule has 4 nitrogen and oxygen atoms in total. The number of nitrogens with zero attached hydrogens (tertiary/aromatic N) is 1. The number of likely N-dealkylation sites (tertiary alicyclic amines) is 1. The Balaban J connectivity index is 1.78. The van der Waals surface area contributed by atoms with Gasteiger partial charge in [0, 0.05) is 13.1 Å². The predicted octanol–water partition coefficient (Wildman–Crippen LogP) is 3.05. The van der Waals surface area contributed by atoms with Gasteiger partial charge in [-0.3, -0.25) is 9.69 Å². The van der Waals surface area contributed by atoms with Gasteiger partial charge in [0.2, 0.25) is 5.91 Å². The monoisotopic (exact) mass is 331 g/mol. The third kappa shape index (κ3) is 6.62. The number of benzene rings is 1. The van der Waals surface area contributed by atoms with Crippen LogP contribution in [0.3, 0.4) is 0 Å². The van der Waals surface area contributed by atoms with Gasteiger partial charge in [0.05, 0.1) is 6.04 Å². The maximum Gasteiger partial charge on any atom is 0.237 e. The Morgan fingerprint density at radius 1 is 1.08 bits per heavy atom. The van der Waals surface area contributed by atoms with E-state index in [9.17, 15) is 4.79 Å². The zero-order valence-electron chi connectivity index (χ0n) is 15.3. The van der Waals surface area contributed by atoms with Crippen LogP contribution in [0.5, 0.6) is 0 Å². The molecule has 1 aliphatic heterocycles. The summed E-state index contributed by atoms with van der Waals surface area (Å²) in [5.41, 5.74) is 8.38. The first-order valence-corrected chi connectivity index (χ1v) is 9.38. The van der Waals surface area contributed by atoms with E-state index in [1.807, 2.05) is 0 Å². The standard InChI is InChI=1S/C20H33N3O/c1-16(2)13-19(21)20(24)22-14-17-7-9-18(10-8-17)15-23-11-5-3-4-6-12-23/h7-10,16,19H,3-6,11-15,21H2,1-2H3,(H,22,24)/t19-/m0/s1. The largest absolute Gasteiger partial charge is 0.351 e. The molecule has 1 fully saturated rings. The summed E-state index contributed by atoms with van der Waals surface area (Å²) in [6, 6.07) is 8.18. The van der Waals surface area contributed by atoms with Gasteiger partial charge in [-0.2, -0.15) is 0 Å². The molecule has 0 aromatic heterocycles. The van der Waals surface area contributed by atoms with Crippen molar-refractivity contribution in [3.05, 3.63) is 35.4 Å². The van der Waals surface area contributed by atoms with E-state index in [1.54, 1.807) is 0 Å². The van der Waals surface area contributed by atoms with E-state index in [-0.39, 0.29) is 5.91 Å². The van der Waals surface area contributed by atoms with E-state index in [4.69, 9.17) is 5.73 Å². The summed E-state index contributed by atoms with van der Waals surface area (Å²) in [4.78, 5) is 14.5. The van der Waals surface area contributed by atoms with Crippen molar-refractivity contribution >= 4 is 5.91 Å². The number of nitrogens with two attached hydrogens (primary N) is 1. The van der Waals surface area contributed by atoms with Crippen LogP contribution >= 0.6 is 0 Å². The Bertz CT molecular complexity index is 490. The highest BCUT2D eigenvalue weighted by molar-refractivity contribution is 5.81. The summed E-state index contributed by atoms with van der Waals surface area (Å²) in [6.45, 7) is 8.17. The molecule has 0 unspecified atom stereocenters. The molecule has 1 heterocycles. The van der Waals surface area contributed by atoms with Crippen LogP contribution in [0.2, 0.25) is 0 Å². The number of nitrogens with one attached hydrogen (secondary N) is 1. The molecule has 4 heteroatoms. The lowest BCUT2D eigenvalue weighted by molar-refractivity contribution is -0.122. The van der Waals surface area contributed by atoms with Crippen LogP contribution in [-0.4, -0.2) is 29.9 Å². The van der Waals surface area contributed by atoms with Gasteiger partial charge in [0.25, 0.3) is 0 Å². The Hall–Kier alpha value is -1.39. The molecule has 1 saturated heterocycles. The summed E-state index contributed by atoms with van der Waals surface area (Å²) in [5.74, 6) is 0.376. The fraction of sp³-hybridized carbons (Fsp3) is 0.650. The summed E-state index contributed by atoms with van der Waals surface area (Å²) < 4.78 is 0. The summed E-state index contributed by atoms with van der Waals surface area (Å²) in [6.07, 6.45) is 6.10. The Morgan fingerprint density at radius 2 is 1.67 bits per heavy atom. The molecule has 24 heavy (non-hydrogen) atoms. The van der Waals surface area contributed by atoms with Gasteiger partial charge in [0.15, 0.2) is 0 Å². The number of rotatable bonds is 7. The molecule has 0 radical (unpaired) electrons. The zero-order chi connectivity index (χ0) is 17.4. The highest BCUT2D eigenvalue weighted by atomic mass is 16.2. The van der Waals surface area contributed by atoms with E-state index in [1.165, 1.54) is 44.3 Å². The summed E-state index contributed by atoms with van der Waals surface area (Å²) in [7, 11) is 0. The highest BCUT2D eigenvalue weighted by Gasteiger charge is 2.14. The second-order valence-corrected chi connectivity index (χ2v) is 7.46. The van der Waals surface area contributed by atoms with Crippen molar-refractivity contribution in [2.75, 3.05) is 13.1 Å². The predicted molar refractivity (Wildman–Crippen MR) is 99.5 cm³/mol. The van der Waals surface area contributed by atoms with Crippen LogP contribution in [0.1, 0.15) is 57.1 Å². The first-order chi connectivity index (χ1) is 11.5. The van der Waals surface area contributed by atoms with Crippen LogP contribution in [0.4, 0.5) is 0 Å². The van der Waals surface area contributed by atoms with Crippen molar-refractivity contribution in [2.24, 2.45) is 11.7 Å². The minimum Gasteiger partial charge on any atom is -0.351 e. The lowest BCUT2D eigenvalue weighted by atomic mass is 10.0. The Kier molecular flexibility index (Phi) is 7.73. The fourth-order valence-corrected chi connectivity index (χ4v) is 3.25. The lowest BCUT2D eigenvalue weighted by Crippen LogP contribution is -2.41. The van der Waals surface area contributed by atoms with Gasteiger partial charge in [-0.1, -0.05) is 51.0 Å². The van der Waals surface area contributed by atoms with E-state index >= 15 is 0 Å².